The van der Waals surface area contributed by atoms with Crippen LogP contribution in [0.5, 0.6) is 5.75 Å². The Kier molecular flexibility index (Phi) is 7.72. The summed E-state index contributed by atoms with van der Waals surface area (Å²) < 4.78 is 7.28. The van der Waals surface area contributed by atoms with Crippen molar-refractivity contribution in [3.05, 3.63) is 86.0 Å². The van der Waals surface area contributed by atoms with Crippen molar-refractivity contribution in [2.45, 2.75) is 40.3 Å². The van der Waals surface area contributed by atoms with E-state index in [0.29, 0.717) is 45.2 Å². The topological polar surface area (TPSA) is 112 Å². The molecule has 0 aliphatic carbocycles. The number of carbonyl (C=O) groups excluding carboxylic acids is 1. The maximum absolute atomic E-state index is 13.4. The number of methoxy groups -OCH3 is 1. The third-order valence-corrected chi connectivity index (χ3v) is 5.93. The van der Waals surface area contributed by atoms with Crippen LogP contribution in [0.3, 0.4) is 0 Å². The minimum Gasteiger partial charge on any atom is -0.496 e. The number of allylic oxidation sites excluding steroid dienone is 1. The third kappa shape index (κ3) is 4.94. The Hall–Kier alpha value is -4.38. The van der Waals surface area contributed by atoms with Crippen molar-refractivity contribution in [2.24, 2.45) is 4.99 Å². The molecule has 1 atom stereocenters. The zero-order valence-corrected chi connectivity index (χ0v) is 20.6. The molecule has 0 aliphatic heterocycles. The number of amides is 1. The van der Waals surface area contributed by atoms with E-state index in [2.05, 4.69) is 28.1 Å². The molecule has 35 heavy (non-hydrogen) atoms. The zero-order valence-electron chi connectivity index (χ0n) is 20.6. The number of aromatic nitrogens is 2. The molecule has 1 amide bonds. The van der Waals surface area contributed by atoms with Gasteiger partial charge in [0.1, 0.15) is 11.6 Å². The number of nitrogens with zero attached hydrogens (tertiary/aromatic N) is 3. The van der Waals surface area contributed by atoms with Gasteiger partial charge in [0, 0.05) is 17.0 Å². The highest BCUT2D eigenvalue weighted by Gasteiger charge is 2.26. The molecule has 1 aromatic carbocycles. The predicted molar refractivity (Wildman–Crippen MR) is 138 cm³/mol. The Morgan fingerprint density at radius 3 is 2.74 bits per heavy atom. The van der Waals surface area contributed by atoms with E-state index in [1.807, 2.05) is 55.7 Å². The van der Waals surface area contributed by atoms with Crippen molar-refractivity contribution in [1.82, 2.24) is 14.9 Å². The first-order valence-electron chi connectivity index (χ1n) is 11.2. The van der Waals surface area contributed by atoms with E-state index >= 15 is 0 Å². The minimum absolute atomic E-state index is 0.00581. The zero-order chi connectivity index (χ0) is 25.7. The first-order valence-corrected chi connectivity index (χ1v) is 11.2. The van der Waals surface area contributed by atoms with Gasteiger partial charge in [0.25, 0.3) is 11.5 Å². The van der Waals surface area contributed by atoms with Crippen LogP contribution >= 0.6 is 0 Å². The lowest BCUT2D eigenvalue weighted by molar-refractivity contribution is 0.0949. The van der Waals surface area contributed by atoms with Crippen molar-refractivity contribution >= 4 is 24.5 Å². The summed E-state index contributed by atoms with van der Waals surface area (Å²) in [7, 11) is 1.48. The molecule has 3 aromatic rings. The van der Waals surface area contributed by atoms with Gasteiger partial charge in [-0.2, -0.15) is 5.26 Å². The monoisotopic (exact) mass is 471 g/mol. The molecule has 0 spiro atoms. The van der Waals surface area contributed by atoms with E-state index in [1.165, 1.54) is 7.11 Å². The predicted octanol–water partition coefficient (Wildman–Crippen LogP) is 4.58. The summed E-state index contributed by atoms with van der Waals surface area (Å²) in [6, 6.07) is 11.0. The Balaban J connectivity index is 2.06. The summed E-state index contributed by atoms with van der Waals surface area (Å²) in [6.07, 6.45) is 3.65. The van der Waals surface area contributed by atoms with Crippen molar-refractivity contribution in [3.8, 4) is 11.8 Å². The smallest absolute Gasteiger partial charge is 0.256 e. The van der Waals surface area contributed by atoms with Gasteiger partial charge in [-0.1, -0.05) is 24.3 Å². The molecule has 2 N–H and O–H groups in total. The summed E-state index contributed by atoms with van der Waals surface area (Å²) in [5, 5.41) is 12.2. The Bertz CT molecular complexity index is 1410. The van der Waals surface area contributed by atoms with Gasteiger partial charge in [-0.25, -0.2) is 4.99 Å². The number of aromatic amines is 1. The second-order valence-corrected chi connectivity index (χ2v) is 8.15. The molecule has 0 bridgehead atoms. The SMILES string of the molecule is C=Nc1c(/C=C\C)c(C(=O)NCc2c(OC)cc(C)[nH]c2=O)c(C)n1C(C)c1cccc(C#N)c1. The summed E-state index contributed by atoms with van der Waals surface area (Å²) in [6.45, 7) is 11.2. The fourth-order valence-electron chi connectivity index (χ4n) is 4.27. The largest absolute Gasteiger partial charge is 0.496 e. The van der Waals surface area contributed by atoms with Crippen LogP contribution < -0.4 is 15.6 Å². The molecule has 180 valence electrons. The van der Waals surface area contributed by atoms with E-state index in [-0.39, 0.29) is 24.1 Å². The normalized spacial score (nSPS) is 11.8. The first-order chi connectivity index (χ1) is 16.8. The summed E-state index contributed by atoms with van der Waals surface area (Å²) in [5.41, 5.74) is 3.91. The fourth-order valence-corrected chi connectivity index (χ4v) is 4.27. The minimum atomic E-state index is -0.348. The number of pyridine rings is 1. The van der Waals surface area contributed by atoms with Gasteiger partial charge in [-0.3, -0.25) is 9.59 Å². The highest BCUT2D eigenvalue weighted by molar-refractivity contribution is 6.01. The van der Waals surface area contributed by atoms with Crippen LogP contribution in [0.25, 0.3) is 6.08 Å². The summed E-state index contributed by atoms with van der Waals surface area (Å²) in [5.74, 6) is 0.611. The number of hydrogen-bond donors (Lipinski definition) is 2. The number of rotatable bonds is 8. The maximum Gasteiger partial charge on any atom is 0.256 e. The molecule has 8 heteroatoms. The van der Waals surface area contributed by atoms with Crippen LogP contribution in [0.2, 0.25) is 0 Å². The van der Waals surface area contributed by atoms with Gasteiger partial charge in [-0.15, -0.1) is 0 Å². The highest BCUT2D eigenvalue weighted by atomic mass is 16.5. The Morgan fingerprint density at radius 2 is 2.11 bits per heavy atom. The molecule has 2 heterocycles. The Labute approximate surface area is 204 Å². The van der Waals surface area contributed by atoms with Crippen LogP contribution in [-0.4, -0.2) is 29.3 Å². The number of aliphatic imine (C=N–C) groups is 1. The number of nitriles is 1. The van der Waals surface area contributed by atoms with Crippen LogP contribution in [0.1, 0.15) is 63.9 Å². The number of hydrogen-bond acceptors (Lipinski definition) is 5. The number of aryl methyl sites for hydroxylation is 1. The number of nitrogens with one attached hydrogen (secondary N) is 2. The van der Waals surface area contributed by atoms with Crippen molar-refractivity contribution in [3.63, 3.8) is 0 Å². The lowest BCUT2D eigenvalue weighted by Gasteiger charge is -2.19. The third-order valence-electron chi connectivity index (χ3n) is 5.93. The summed E-state index contributed by atoms with van der Waals surface area (Å²) in [4.78, 5) is 32.9. The molecule has 3 rings (SSSR count). The van der Waals surface area contributed by atoms with E-state index in [4.69, 9.17) is 4.74 Å². The van der Waals surface area contributed by atoms with Crippen molar-refractivity contribution in [1.29, 1.82) is 5.26 Å². The summed E-state index contributed by atoms with van der Waals surface area (Å²) >= 11 is 0. The van der Waals surface area contributed by atoms with Crippen molar-refractivity contribution in [2.75, 3.05) is 7.11 Å². The molecule has 8 nitrogen and oxygen atoms in total. The fraction of sp³-hybridized carbons (Fsp3) is 0.259. The standard InChI is InChI=1S/C27H29N5O3/c1-7-9-21-24(27(34)30-15-22-23(35-6)12-16(2)31-26(22)33)18(4)32(25(21)29-5)17(3)20-11-8-10-19(13-20)14-28/h7-13,17H,5,15H2,1-4,6H3,(H,30,34)(H,31,33)/b9-7-. The molecule has 0 fully saturated rings. The number of carbonyl (C=O) groups is 1. The van der Waals surface area contributed by atoms with Gasteiger partial charge in [0.2, 0.25) is 0 Å². The second-order valence-electron chi connectivity index (χ2n) is 8.15. The molecular formula is C27H29N5O3. The van der Waals surface area contributed by atoms with Gasteiger partial charge < -0.3 is 19.6 Å². The van der Waals surface area contributed by atoms with Crippen LogP contribution in [0.4, 0.5) is 5.82 Å². The van der Waals surface area contributed by atoms with Gasteiger partial charge in [-0.05, 0) is 58.2 Å². The van der Waals surface area contributed by atoms with E-state index in [0.717, 1.165) is 5.56 Å². The van der Waals surface area contributed by atoms with Gasteiger partial charge in [0.15, 0.2) is 0 Å². The van der Waals surface area contributed by atoms with Crippen LogP contribution in [0, 0.1) is 25.2 Å². The van der Waals surface area contributed by atoms with Crippen LogP contribution in [0.15, 0.2) is 46.2 Å². The number of H-pyrrole nitrogens is 1. The average Bonchev–Trinajstić information content (AvgIpc) is 3.13. The van der Waals surface area contributed by atoms with E-state index < -0.39 is 0 Å². The van der Waals surface area contributed by atoms with Crippen molar-refractivity contribution < 1.29 is 9.53 Å². The lowest BCUT2D eigenvalue weighted by atomic mass is 10.1. The van der Waals surface area contributed by atoms with E-state index in [9.17, 15) is 14.9 Å². The lowest BCUT2D eigenvalue weighted by Crippen LogP contribution is -2.28. The first kappa shape index (κ1) is 25.2. The Morgan fingerprint density at radius 1 is 1.37 bits per heavy atom. The quantitative estimate of drug-likeness (QED) is 0.468. The average molecular weight is 472 g/mol. The van der Waals surface area contributed by atoms with E-state index in [1.54, 1.807) is 19.1 Å². The molecule has 2 aromatic heterocycles. The molecule has 0 saturated carbocycles. The maximum atomic E-state index is 13.4. The molecule has 1 unspecified atom stereocenters. The number of benzene rings is 1. The van der Waals surface area contributed by atoms with Crippen LogP contribution in [-0.2, 0) is 6.54 Å². The molecular weight excluding hydrogens is 442 g/mol. The highest BCUT2D eigenvalue weighted by Crippen LogP contribution is 2.36. The molecule has 0 aliphatic rings. The number of ether oxygens (including phenoxy) is 1. The molecule has 0 radical (unpaired) electrons. The van der Waals surface area contributed by atoms with Gasteiger partial charge >= 0.3 is 0 Å². The molecule has 0 saturated heterocycles. The second kappa shape index (κ2) is 10.7. The van der Waals surface area contributed by atoms with Gasteiger partial charge in [0.05, 0.1) is 42.5 Å².